The minimum absolute atomic E-state index is 0.0368. The summed E-state index contributed by atoms with van der Waals surface area (Å²) in [6, 6.07) is 4.80. The Bertz CT molecular complexity index is 398. The second-order valence-corrected chi connectivity index (χ2v) is 2.54. The van der Waals surface area contributed by atoms with E-state index in [4.69, 9.17) is 5.26 Å². The van der Waals surface area contributed by atoms with Crippen LogP contribution in [0.4, 0.5) is 10.1 Å². The van der Waals surface area contributed by atoms with Gasteiger partial charge in [-0.15, -0.1) is 0 Å². The molecule has 1 aromatic carbocycles. The summed E-state index contributed by atoms with van der Waals surface area (Å²) in [5.74, 6) is -1.40. The number of hydrogen-bond donors (Lipinski definition) is 2. The van der Waals surface area contributed by atoms with Crippen LogP contribution in [-0.2, 0) is 4.79 Å². The fraction of sp³-hybridized carbons (Fsp3) is 0.111. The number of carbonyl (C=O) groups excluding carboxylic acids is 1. The zero-order valence-corrected chi connectivity index (χ0v) is 7.12. The molecule has 5 heteroatoms. The van der Waals surface area contributed by atoms with Gasteiger partial charge in [-0.2, -0.15) is 5.26 Å². The van der Waals surface area contributed by atoms with E-state index < -0.39 is 11.7 Å². The van der Waals surface area contributed by atoms with Crippen LogP contribution in [0.25, 0.3) is 0 Å². The molecule has 0 bridgehead atoms. The molecule has 72 valence electrons. The predicted octanol–water partition coefficient (Wildman–Crippen LogP) is 1.38. The Kier molecular flexibility index (Phi) is 3.02. The van der Waals surface area contributed by atoms with Crippen molar-refractivity contribution >= 4 is 11.6 Å². The molecule has 1 amide bonds. The maximum atomic E-state index is 12.7. The summed E-state index contributed by atoms with van der Waals surface area (Å²) in [7, 11) is 0. The molecule has 0 saturated carbocycles. The van der Waals surface area contributed by atoms with E-state index >= 15 is 0 Å². The largest absolute Gasteiger partial charge is 0.506 e. The third-order valence-corrected chi connectivity index (χ3v) is 1.47. The zero-order chi connectivity index (χ0) is 10.6. The molecule has 0 fully saturated rings. The number of anilines is 1. The molecule has 0 aliphatic heterocycles. The van der Waals surface area contributed by atoms with Crippen LogP contribution < -0.4 is 5.32 Å². The minimum atomic E-state index is -0.589. The molecule has 4 nitrogen and oxygen atoms in total. The van der Waals surface area contributed by atoms with Gasteiger partial charge in [-0.05, 0) is 12.1 Å². The lowest BCUT2D eigenvalue weighted by Gasteiger charge is -2.04. The molecule has 0 aliphatic carbocycles. The summed E-state index contributed by atoms with van der Waals surface area (Å²) < 4.78 is 12.7. The van der Waals surface area contributed by atoms with E-state index in [0.717, 1.165) is 18.2 Å². The van der Waals surface area contributed by atoms with Crippen LogP contribution in [0.1, 0.15) is 6.42 Å². The van der Waals surface area contributed by atoms with Gasteiger partial charge in [0.05, 0.1) is 11.8 Å². The van der Waals surface area contributed by atoms with Crippen LogP contribution in [0.15, 0.2) is 18.2 Å². The molecule has 2 N–H and O–H groups in total. The number of benzene rings is 1. The lowest BCUT2D eigenvalue weighted by Crippen LogP contribution is -2.10. The number of carbonyl (C=O) groups is 1. The summed E-state index contributed by atoms with van der Waals surface area (Å²) in [6.45, 7) is 0. The highest BCUT2D eigenvalue weighted by molar-refractivity contribution is 5.93. The number of phenols is 1. The van der Waals surface area contributed by atoms with Gasteiger partial charge < -0.3 is 10.4 Å². The van der Waals surface area contributed by atoms with Crippen LogP contribution in [-0.4, -0.2) is 11.0 Å². The van der Waals surface area contributed by atoms with Gasteiger partial charge in [-0.3, -0.25) is 4.79 Å². The maximum Gasteiger partial charge on any atom is 0.238 e. The Hall–Kier alpha value is -2.09. The summed E-state index contributed by atoms with van der Waals surface area (Å²) in [4.78, 5) is 10.9. The Morgan fingerprint density at radius 3 is 3.00 bits per heavy atom. The second kappa shape index (κ2) is 4.23. The lowest BCUT2D eigenvalue weighted by atomic mass is 10.2. The van der Waals surface area contributed by atoms with E-state index in [0.29, 0.717) is 0 Å². The number of aromatic hydroxyl groups is 1. The van der Waals surface area contributed by atoms with Gasteiger partial charge >= 0.3 is 0 Å². The van der Waals surface area contributed by atoms with Crippen molar-refractivity contribution in [3.8, 4) is 11.8 Å². The van der Waals surface area contributed by atoms with Crippen molar-refractivity contribution in [2.75, 3.05) is 5.32 Å². The molecular formula is C9H7FN2O2. The Balaban J connectivity index is 2.81. The number of nitriles is 1. The average Bonchev–Trinajstić information content (AvgIpc) is 2.12. The van der Waals surface area contributed by atoms with E-state index in [2.05, 4.69) is 5.32 Å². The monoisotopic (exact) mass is 194 g/mol. The molecule has 0 radical (unpaired) electrons. The topological polar surface area (TPSA) is 73.1 Å². The number of halogens is 1. The summed E-state index contributed by atoms with van der Waals surface area (Å²) in [6.07, 6.45) is -0.337. The molecule has 0 aromatic heterocycles. The van der Waals surface area contributed by atoms with Crippen molar-refractivity contribution in [3.05, 3.63) is 24.0 Å². The van der Waals surface area contributed by atoms with E-state index in [9.17, 15) is 14.3 Å². The van der Waals surface area contributed by atoms with E-state index in [1.807, 2.05) is 0 Å². The first-order valence-electron chi connectivity index (χ1n) is 3.79. The molecule has 1 aromatic rings. The zero-order valence-electron chi connectivity index (χ0n) is 7.12. The summed E-state index contributed by atoms with van der Waals surface area (Å²) >= 11 is 0. The first-order chi connectivity index (χ1) is 6.63. The van der Waals surface area contributed by atoms with Gasteiger partial charge in [0, 0.05) is 6.07 Å². The van der Waals surface area contributed by atoms with Crippen LogP contribution in [0.3, 0.4) is 0 Å². The van der Waals surface area contributed by atoms with Gasteiger partial charge in [0.1, 0.15) is 18.0 Å². The van der Waals surface area contributed by atoms with Crippen molar-refractivity contribution in [2.24, 2.45) is 0 Å². The third kappa shape index (κ3) is 2.45. The molecule has 14 heavy (non-hydrogen) atoms. The van der Waals surface area contributed by atoms with Crippen molar-refractivity contribution in [1.82, 2.24) is 0 Å². The second-order valence-electron chi connectivity index (χ2n) is 2.54. The highest BCUT2D eigenvalue weighted by Gasteiger charge is 2.06. The highest BCUT2D eigenvalue weighted by Crippen LogP contribution is 2.23. The molecule has 0 aliphatic rings. The molecular weight excluding hydrogens is 187 g/mol. The smallest absolute Gasteiger partial charge is 0.238 e. The van der Waals surface area contributed by atoms with E-state index in [-0.39, 0.29) is 17.9 Å². The van der Waals surface area contributed by atoms with Gasteiger partial charge in [0.25, 0.3) is 0 Å². The fourth-order valence-electron chi connectivity index (χ4n) is 0.875. The van der Waals surface area contributed by atoms with Crippen molar-refractivity contribution < 1.29 is 14.3 Å². The van der Waals surface area contributed by atoms with Gasteiger partial charge in [-0.1, -0.05) is 0 Å². The number of hydrogen-bond acceptors (Lipinski definition) is 3. The van der Waals surface area contributed by atoms with Gasteiger partial charge in [0.15, 0.2) is 0 Å². The average molecular weight is 194 g/mol. The Morgan fingerprint density at radius 1 is 1.64 bits per heavy atom. The molecule has 0 spiro atoms. The first-order valence-corrected chi connectivity index (χ1v) is 3.79. The quantitative estimate of drug-likeness (QED) is 0.698. The summed E-state index contributed by atoms with van der Waals surface area (Å²) in [5, 5.41) is 19.6. The number of phenolic OH excluding ortho intramolecular Hbond substituents is 1. The number of nitrogens with zero attached hydrogens (tertiary/aromatic N) is 1. The lowest BCUT2D eigenvalue weighted by molar-refractivity contribution is -0.115. The van der Waals surface area contributed by atoms with E-state index in [1.165, 1.54) is 0 Å². The molecule has 1 rings (SSSR count). The number of nitrogens with one attached hydrogen (secondary N) is 1. The van der Waals surface area contributed by atoms with E-state index in [1.54, 1.807) is 6.07 Å². The molecule has 0 unspecified atom stereocenters. The van der Waals surface area contributed by atoms with Crippen LogP contribution in [0.2, 0.25) is 0 Å². The van der Waals surface area contributed by atoms with Gasteiger partial charge in [-0.25, -0.2) is 4.39 Å². The molecule has 0 atom stereocenters. The van der Waals surface area contributed by atoms with Crippen LogP contribution >= 0.6 is 0 Å². The fourth-order valence-corrected chi connectivity index (χ4v) is 0.875. The predicted molar refractivity (Wildman–Crippen MR) is 46.9 cm³/mol. The standard InChI is InChI=1S/C9H7FN2O2/c10-6-1-2-8(13)7(5-6)12-9(14)3-4-11/h1-2,5,13H,3H2,(H,12,14). The Morgan fingerprint density at radius 2 is 2.36 bits per heavy atom. The van der Waals surface area contributed by atoms with Crippen LogP contribution in [0, 0.1) is 17.1 Å². The molecule has 0 saturated heterocycles. The number of amides is 1. The van der Waals surface area contributed by atoms with Crippen molar-refractivity contribution in [3.63, 3.8) is 0 Å². The maximum absolute atomic E-state index is 12.7. The molecule has 0 heterocycles. The summed E-state index contributed by atoms with van der Waals surface area (Å²) in [5.41, 5.74) is -0.0368. The third-order valence-electron chi connectivity index (χ3n) is 1.47. The Labute approximate surface area is 79.6 Å². The minimum Gasteiger partial charge on any atom is -0.506 e. The van der Waals surface area contributed by atoms with Crippen molar-refractivity contribution in [1.29, 1.82) is 5.26 Å². The van der Waals surface area contributed by atoms with Crippen molar-refractivity contribution in [2.45, 2.75) is 6.42 Å². The SMILES string of the molecule is N#CCC(=O)Nc1cc(F)ccc1O. The normalized spacial score (nSPS) is 9.14. The first kappa shape index (κ1) is 9.99. The number of rotatable bonds is 2. The van der Waals surface area contributed by atoms with Gasteiger partial charge in [0.2, 0.25) is 5.91 Å². The highest BCUT2D eigenvalue weighted by atomic mass is 19.1. The van der Waals surface area contributed by atoms with Crippen LogP contribution in [0.5, 0.6) is 5.75 Å².